The number of allylic oxidation sites excluding steroid dienone is 2. The molecule has 0 radical (unpaired) electrons. The van der Waals surface area contributed by atoms with E-state index >= 15 is 0 Å². The van der Waals surface area contributed by atoms with Gasteiger partial charge in [0.2, 0.25) is 0 Å². The minimum absolute atomic E-state index is 0.458. The van der Waals surface area contributed by atoms with Gasteiger partial charge in [0, 0.05) is 0 Å². The van der Waals surface area contributed by atoms with E-state index in [0.717, 1.165) is 17.8 Å². The van der Waals surface area contributed by atoms with E-state index < -0.39 is 0 Å². The van der Waals surface area contributed by atoms with Gasteiger partial charge in [0.1, 0.15) is 0 Å². The van der Waals surface area contributed by atoms with Crippen molar-refractivity contribution >= 4 is 0 Å². The maximum atomic E-state index is 2.47. The third kappa shape index (κ3) is 3.48. The molecular formula is C14H26. The average molecular weight is 194 g/mol. The standard InChI is InChI=1S/C14H26/c1-11(2)10-12-6-8-13(9-7-12)14(3,4)5/h6,8,11-13H,7,9-10H2,1-5H3. The Kier molecular flexibility index (Phi) is 3.80. The molecule has 0 fully saturated rings. The van der Waals surface area contributed by atoms with Gasteiger partial charge in [-0.15, -0.1) is 0 Å². The quantitative estimate of drug-likeness (QED) is 0.561. The molecule has 1 aliphatic carbocycles. The highest BCUT2D eigenvalue weighted by Gasteiger charge is 2.25. The predicted octanol–water partition coefficient (Wildman–Crippen LogP) is 4.66. The van der Waals surface area contributed by atoms with E-state index in [1.165, 1.54) is 19.3 Å². The molecule has 0 saturated carbocycles. The van der Waals surface area contributed by atoms with Crippen molar-refractivity contribution in [3.05, 3.63) is 12.2 Å². The van der Waals surface area contributed by atoms with Crippen LogP contribution in [-0.4, -0.2) is 0 Å². The topological polar surface area (TPSA) is 0 Å². The molecule has 0 aliphatic heterocycles. The normalized spacial score (nSPS) is 28.4. The summed E-state index contributed by atoms with van der Waals surface area (Å²) in [5.74, 6) is 2.50. The van der Waals surface area contributed by atoms with Gasteiger partial charge in [0.15, 0.2) is 0 Å². The monoisotopic (exact) mass is 194 g/mol. The van der Waals surface area contributed by atoms with Gasteiger partial charge < -0.3 is 0 Å². The van der Waals surface area contributed by atoms with Crippen LogP contribution in [0.25, 0.3) is 0 Å². The molecule has 0 saturated heterocycles. The molecule has 2 atom stereocenters. The summed E-state index contributed by atoms with van der Waals surface area (Å²) in [7, 11) is 0. The van der Waals surface area contributed by atoms with Crippen LogP contribution in [0.4, 0.5) is 0 Å². The summed E-state index contributed by atoms with van der Waals surface area (Å²) >= 11 is 0. The summed E-state index contributed by atoms with van der Waals surface area (Å²) < 4.78 is 0. The first-order valence-electron chi connectivity index (χ1n) is 6.08. The van der Waals surface area contributed by atoms with E-state index in [2.05, 4.69) is 46.8 Å². The lowest BCUT2D eigenvalue weighted by molar-refractivity contribution is 0.246. The summed E-state index contributed by atoms with van der Waals surface area (Å²) in [6, 6.07) is 0. The first-order valence-corrected chi connectivity index (χ1v) is 6.08. The number of rotatable bonds is 2. The Hall–Kier alpha value is -0.260. The third-order valence-corrected chi connectivity index (χ3v) is 3.35. The molecule has 0 amide bonds. The minimum Gasteiger partial charge on any atom is -0.0851 e. The maximum absolute atomic E-state index is 2.47. The molecule has 1 aliphatic rings. The van der Waals surface area contributed by atoms with Gasteiger partial charge in [-0.25, -0.2) is 0 Å². The van der Waals surface area contributed by atoms with E-state index in [4.69, 9.17) is 0 Å². The highest BCUT2D eigenvalue weighted by molar-refractivity contribution is 5.01. The zero-order valence-corrected chi connectivity index (χ0v) is 10.5. The Balaban J connectivity index is 2.47. The lowest BCUT2D eigenvalue weighted by Gasteiger charge is -2.33. The van der Waals surface area contributed by atoms with Crippen molar-refractivity contribution in [3.8, 4) is 0 Å². The fourth-order valence-corrected chi connectivity index (χ4v) is 2.40. The molecule has 0 aromatic rings. The fraction of sp³-hybridized carbons (Fsp3) is 0.857. The highest BCUT2D eigenvalue weighted by atomic mass is 14.3. The molecule has 0 heteroatoms. The van der Waals surface area contributed by atoms with Crippen LogP contribution in [0.2, 0.25) is 0 Å². The number of hydrogen-bond donors (Lipinski definition) is 0. The van der Waals surface area contributed by atoms with Crippen molar-refractivity contribution in [2.45, 2.75) is 53.9 Å². The van der Waals surface area contributed by atoms with E-state index in [1.54, 1.807) is 0 Å². The van der Waals surface area contributed by atoms with Crippen molar-refractivity contribution in [1.82, 2.24) is 0 Å². The highest BCUT2D eigenvalue weighted by Crippen LogP contribution is 2.36. The molecule has 0 spiro atoms. The Labute approximate surface area is 89.8 Å². The predicted molar refractivity (Wildman–Crippen MR) is 64.3 cm³/mol. The molecule has 14 heavy (non-hydrogen) atoms. The SMILES string of the molecule is CC(C)CC1C=CC(C(C)(C)C)CC1. The molecule has 0 aromatic heterocycles. The fourth-order valence-electron chi connectivity index (χ4n) is 2.40. The molecule has 0 bridgehead atoms. The molecule has 0 N–H and O–H groups in total. The van der Waals surface area contributed by atoms with Crippen LogP contribution in [0.15, 0.2) is 12.2 Å². The van der Waals surface area contributed by atoms with Crippen molar-refractivity contribution < 1.29 is 0 Å². The lowest BCUT2D eigenvalue weighted by atomic mass is 9.73. The van der Waals surface area contributed by atoms with Crippen LogP contribution in [0.5, 0.6) is 0 Å². The minimum atomic E-state index is 0.458. The Bertz CT molecular complexity index is 193. The van der Waals surface area contributed by atoms with Crippen LogP contribution in [0.1, 0.15) is 53.9 Å². The summed E-state index contributed by atoms with van der Waals surface area (Å²) in [4.78, 5) is 0. The van der Waals surface area contributed by atoms with E-state index in [0.29, 0.717) is 5.41 Å². The molecule has 1 rings (SSSR count). The van der Waals surface area contributed by atoms with Gasteiger partial charge in [-0.05, 0) is 42.4 Å². The van der Waals surface area contributed by atoms with E-state index in [1.807, 2.05) is 0 Å². The molecule has 82 valence electrons. The van der Waals surface area contributed by atoms with Crippen LogP contribution in [-0.2, 0) is 0 Å². The molecule has 2 unspecified atom stereocenters. The number of hydrogen-bond acceptors (Lipinski definition) is 0. The average Bonchev–Trinajstić information content (AvgIpc) is 2.02. The van der Waals surface area contributed by atoms with Gasteiger partial charge in [0.05, 0.1) is 0 Å². The van der Waals surface area contributed by atoms with Gasteiger partial charge in [-0.1, -0.05) is 46.8 Å². The second kappa shape index (κ2) is 4.51. The molecule has 0 aromatic carbocycles. The van der Waals surface area contributed by atoms with Crippen molar-refractivity contribution in [2.75, 3.05) is 0 Å². The van der Waals surface area contributed by atoms with Crippen molar-refractivity contribution in [3.63, 3.8) is 0 Å². The van der Waals surface area contributed by atoms with Crippen LogP contribution >= 0.6 is 0 Å². The first kappa shape index (κ1) is 11.8. The Morgan fingerprint density at radius 1 is 1.14 bits per heavy atom. The maximum Gasteiger partial charge on any atom is -0.0184 e. The second-order valence-electron chi connectivity index (χ2n) is 6.32. The van der Waals surface area contributed by atoms with Gasteiger partial charge in [-0.3, -0.25) is 0 Å². The smallest absolute Gasteiger partial charge is 0.0184 e. The summed E-state index contributed by atoms with van der Waals surface area (Å²) in [5, 5.41) is 0. The third-order valence-electron chi connectivity index (χ3n) is 3.35. The summed E-state index contributed by atoms with van der Waals surface area (Å²) in [5.41, 5.74) is 0.458. The van der Waals surface area contributed by atoms with Gasteiger partial charge >= 0.3 is 0 Å². The molecule has 0 nitrogen and oxygen atoms in total. The largest absolute Gasteiger partial charge is 0.0851 e. The molecular weight excluding hydrogens is 168 g/mol. The van der Waals surface area contributed by atoms with Crippen LogP contribution in [0, 0.1) is 23.2 Å². The Morgan fingerprint density at radius 3 is 2.14 bits per heavy atom. The lowest BCUT2D eigenvalue weighted by Crippen LogP contribution is -2.22. The van der Waals surface area contributed by atoms with Gasteiger partial charge in [-0.2, -0.15) is 0 Å². The van der Waals surface area contributed by atoms with E-state index in [-0.39, 0.29) is 0 Å². The van der Waals surface area contributed by atoms with Crippen LogP contribution < -0.4 is 0 Å². The van der Waals surface area contributed by atoms with Crippen molar-refractivity contribution in [1.29, 1.82) is 0 Å². The zero-order valence-electron chi connectivity index (χ0n) is 10.5. The summed E-state index contributed by atoms with van der Waals surface area (Å²) in [6.45, 7) is 11.7. The van der Waals surface area contributed by atoms with Gasteiger partial charge in [0.25, 0.3) is 0 Å². The zero-order chi connectivity index (χ0) is 10.8. The van der Waals surface area contributed by atoms with Crippen molar-refractivity contribution in [2.24, 2.45) is 23.2 Å². The second-order valence-corrected chi connectivity index (χ2v) is 6.32. The first-order chi connectivity index (χ1) is 6.39. The van der Waals surface area contributed by atoms with E-state index in [9.17, 15) is 0 Å². The summed E-state index contributed by atoms with van der Waals surface area (Å²) in [6.07, 6.45) is 9.09. The molecule has 0 heterocycles. The Morgan fingerprint density at radius 2 is 1.79 bits per heavy atom. The van der Waals surface area contributed by atoms with Crippen LogP contribution in [0.3, 0.4) is 0 Å².